The molecule has 5 heteroatoms. The lowest BCUT2D eigenvalue weighted by Gasteiger charge is -2.20. The van der Waals surface area contributed by atoms with Crippen molar-refractivity contribution in [2.24, 2.45) is 0 Å². The first-order chi connectivity index (χ1) is 5.02. The first-order valence-corrected chi connectivity index (χ1v) is 5.50. The third-order valence-corrected chi connectivity index (χ3v) is 3.42. The second kappa shape index (κ2) is 3.08. The molecule has 0 amide bonds. The number of hydrogen-bond acceptors (Lipinski definition) is 3. The summed E-state index contributed by atoms with van der Waals surface area (Å²) in [4.78, 5) is 0. The van der Waals surface area contributed by atoms with Crippen molar-refractivity contribution in [1.29, 1.82) is 0 Å². The minimum absolute atomic E-state index is 0.157. The molecule has 1 rings (SSSR count). The fourth-order valence-electron chi connectivity index (χ4n) is 1.22. The predicted molar refractivity (Wildman–Crippen MR) is 43.9 cm³/mol. The van der Waals surface area contributed by atoms with Crippen LogP contribution in [0.4, 0.5) is 0 Å². The lowest BCUT2D eigenvalue weighted by atomic mass is 10.3. The molecule has 1 aliphatic rings. The zero-order valence-electron chi connectivity index (χ0n) is 6.87. The summed E-state index contributed by atoms with van der Waals surface area (Å²) < 4.78 is 23.5. The number of nitrogens with zero attached hydrogens (tertiary/aromatic N) is 1. The Hall–Kier alpha value is -0.130. The van der Waals surface area contributed by atoms with Crippen LogP contribution in [-0.2, 0) is 10.0 Å². The summed E-state index contributed by atoms with van der Waals surface area (Å²) in [5.74, 6) is 0. The van der Waals surface area contributed by atoms with Gasteiger partial charge in [0.15, 0.2) is 0 Å². The fraction of sp³-hybridized carbons (Fsp3) is 1.00. The van der Waals surface area contributed by atoms with Crippen LogP contribution in [0.2, 0.25) is 0 Å². The minimum Gasteiger partial charge on any atom is -0.315 e. The van der Waals surface area contributed by atoms with Gasteiger partial charge in [0.1, 0.15) is 0 Å². The van der Waals surface area contributed by atoms with Crippen molar-refractivity contribution in [3.63, 3.8) is 0 Å². The molecule has 0 bridgehead atoms. The quantitative estimate of drug-likeness (QED) is 0.604. The van der Waals surface area contributed by atoms with Gasteiger partial charge < -0.3 is 5.32 Å². The summed E-state index contributed by atoms with van der Waals surface area (Å²) in [6.45, 7) is 1.70. The minimum atomic E-state index is -2.99. The SMILES string of the molecule is CN([C@H]1CCNC1)S(C)(=O)=O. The van der Waals surface area contributed by atoms with Crippen molar-refractivity contribution in [2.45, 2.75) is 12.5 Å². The van der Waals surface area contributed by atoms with Gasteiger partial charge in [0.2, 0.25) is 10.0 Å². The van der Waals surface area contributed by atoms with Crippen molar-refractivity contribution < 1.29 is 8.42 Å². The highest BCUT2D eigenvalue weighted by atomic mass is 32.2. The Morgan fingerprint density at radius 1 is 1.55 bits per heavy atom. The molecule has 66 valence electrons. The van der Waals surface area contributed by atoms with Gasteiger partial charge in [-0.15, -0.1) is 0 Å². The predicted octanol–water partition coefficient (Wildman–Crippen LogP) is -0.760. The number of rotatable bonds is 2. The Morgan fingerprint density at radius 2 is 2.18 bits per heavy atom. The summed E-state index contributed by atoms with van der Waals surface area (Å²) in [6.07, 6.45) is 2.16. The zero-order valence-corrected chi connectivity index (χ0v) is 7.69. The Labute approximate surface area is 67.6 Å². The number of hydrogen-bond donors (Lipinski definition) is 1. The topological polar surface area (TPSA) is 49.4 Å². The lowest BCUT2D eigenvalue weighted by Crippen LogP contribution is -2.37. The first-order valence-electron chi connectivity index (χ1n) is 3.65. The van der Waals surface area contributed by atoms with Crippen LogP contribution in [0.1, 0.15) is 6.42 Å². The van der Waals surface area contributed by atoms with Crippen molar-refractivity contribution >= 4 is 10.0 Å². The summed E-state index contributed by atoms with van der Waals surface area (Å²) >= 11 is 0. The Kier molecular flexibility index (Phi) is 2.51. The van der Waals surface area contributed by atoms with E-state index in [9.17, 15) is 8.42 Å². The molecule has 4 nitrogen and oxygen atoms in total. The second-order valence-corrected chi connectivity index (χ2v) is 4.97. The molecule has 0 unspecified atom stereocenters. The smallest absolute Gasteiger partial charge is 0.211 e. The molecule has 0 radical (unpaired) electrons. The van der Waals surface area contributed by atoms with Gasteiger partial charge >= 0.3 is 0 Å². The highest BCUT2D eigenvalue weighted by Crippen LogP contribution is 2.08. The van der Waals surface area contributed by atoms with Crippen LogP contribution in [0, 0.1) is 0 Å². The number of sulfonamides is 1. The summed E-state index contributed by atoms with van der Waals surface area (Å²) in [5, 5.41) is 3.12. The Morgan fingerprint density at radius 3 is 2.55 bits per heavy atom. The molecule has 1 fully saturated rings. The summed E-state index contributed by atoms with van der Waals surface area (Å²) in [7, 11) is -1.36. The molecule has 1 saturated heterocycles. The summed E-state index contributed by atoms with van der Waals surface area (Å²) in [5.41, 5.74) is 0. The monoisotopic (exact) mass is 178 g/mol. The van der Waals surface area contributed by atoms with E-state index in [0.29, 0.717) is 0 Å². The van der Waals surface area contributed by atoms with E-state index in [0.717, 1.165) is 19.5 Å². The van der Waals surface area contributed by atoms with E-state index in [4.69, 9.17) is 0 Å². The van der Waals surface area contributed by atoms with Crippen LogP contribution >= 0.6 is 0 Å². The van der Waals surface area contributed by atoms with E-state index in [1.165, 1.54) is 10.6 Å². The van der Waals surface area contributed by atoms with Gasteiger partial charge in [-0.3, -0.25) is 0 Å². The second-order valence-electron chi connectivity index (χ2n) is 2.93. The molecule has 0 saturated carbocycles. The standard InChI is InChI=1S/C6H14N2O2S/c1-8(11(2,9)10)6-3-4-7-5-6/h6-7H,3-5H2,1-2H3/t6-/m0/s1. The van der Waals surface area contributed by atoms with Gasteiger partial charge in [0.25, 0.3) is 0 Å². The molecule has 1 atom stereocenters. The van der Waals surface area contributed by atoms with Gasteiger partial charge in [-0.2, -0.15) is 0 Å². The van der Waals surface area contributed by atoms with Crippen molar-refractivity contribution in [3.8, 4) is 0 Å². The maximum absolute atomic E-state index is 11.0. The van der Waals surface area contributed by atoms with Crippen LogP contribution in [0.25, 0.3) is 0 Å². The van der Waals surface area contributed by atoms with Crippen LogP contribution in [0.15, 0.2) is 0 Å². The molecular formula is C6H14N2O2S. The summed E-state index contributed by atoms with van der Waals surface area (Å²) in [6, 6.07) is 0.157. The van der Waals surface area contributed by atoms with Crippen molar-refractivity contribution in [1.82, 2.24) is 9.62 Å². The number of nitrogens with one attached hydrogen (secondary N) is 1. The lowest BCUT2D eigenvalue weighted by molar-refractivity contribution is 0.391. The molecule has 0 aromatic carbocycles. The van der Waals surface area contributed by atoms with E-state index in [1.54, 1.807) is 7.05 Å². The molecule has 0 aromatic rings. The maximum Gasteiger partial charge on any atom is 0.211 e. The maximum atomic E-state index is 11.0. The molecule has 1 aliphatic heterocycles. The van der Waals surface area contributed by atoms with Crippen molar-refractivity contribution in [3.05, 3.63) is 0 Å². The first kappa shape index (κ1) is 8.96. The van der Waals surface area contributed by atoms with E-state index in [-0.39, 0.29) is 6.04 Å². The molecule has 0 spiro atoms. The van der Waals surface area contributed by atoms with Crippen LogP contribution in [0.3, 0.4) is 0 Å². The van der Waals surface area contributed by atoms with E-state index < -0.39 is 10.0 Å². The third kappa shape index (κ3) is 2.15. The van der Waals surface area contributed by atoms with Crippen LogP contribution < -0.4 is 5.32 Å². The largest absolute Gasteiger partial charge is 0.315 e. The van der Waals surface area contributed by atoms with Gasteiger partial charge in [-0.1, -0.05) is 0 Å². The van der Waals surface area contributed by atoms with Gasteiger partial charge in [-0.25, -0.2) is 12.7 Å². The molecule has 11 heavy (non-hydrogen) atoms. The van der Waals surface area contributed by atoms with E-state index in [2.05, 4.69) is 5.32 Å². The molecule has 0 aromatic heterocycles. The van der Waals surface area contributed by atoms with Crippen LogP contribution in [-0.4, -0.2) is 45.2 Å². The average molecular weight is 178 g/mol. The fourth-order valence-corrected chi connectivity index (χ4v) is 1.94. The molecule has 1 N–H and O–H groups in total. The number of likely N-dealkylation sites (N-methyl/N-ethyl adjacent to an activating group) is 1. The molecular weight excluding hydrogens is 164 g/mol. The Balaban J connectivity index is 2.60. The normalized spacial score (nSPS) is 26.3. The van der Waals surface area contributed by atoms with Gasteiger partial charge in [0.05, 0.1) is 6.26 Å². The van der Waals surface area contributed by atoms with E-state index >= 15 is 0 Å². The molecule has 0 aliphatic carbocycles. The zero-order chi connectivity index (χ0) is 8.48. The third-order valence-electron chi connectivity index (χ3n) is 2.07. The highest BCUT2D eigenvalue weighted by Gasteiger charge is 2.24. The van der Waals surface area contributed by atoms with Gasteiger partial charge in [0, 0.05) is 19.6 Å². The highest BCUT2D eigenvalue weighted by molar-refractivity contribution is 7.88. The van der Waals surface area contributed by atoms with Gasteiger partial charge in [-0.05, 0) is 13.0 Å². The molecule has 1 heterocycles. The Bertz CT molecular complexity index is 219. The average Bonchev–Trinajstić information content (AvgIpc) is 2.34. The van der Waals surface area contributed by atoms with E-state index in [1.807, 2.05) is 0 Å². The van der Waals surface area contributed by atoms with Crippen LogP contribution in [0.5, 0.6) is 0 Å². The van der Waals surface area contributed by atoms with Crippen molar-refractivity contribution in [2.75, 3.05) is 26.4 Å².